The van der Waals surface area contributed by atoms with E-state index in [0.29, 0.717) is 17.0 Å². The highest BCUT2D eigenvalue weighted by atomic mass is 35.5. The molecular formula is C12H17ClN2O. The van der Waals surface area contributed by atoms with E-state index in [1.807, 2.05) is 13.1 Å². The first-order valence-electron chi connectivity index (χ1n) is 5.75. The van der Waals surface area contributed by atoms with Crippen LogP contribution in [0.5, 0.6) is 5.88 Å². The third-order valence-corrected chi connectivity index (χ3v) is 3.21. The van der Waals surface area contributed by atoms with Crippen molar-refractivity contribution in [3.8, 4) is 5.88 Å². The standard InChI is InChI=1S/C12H17ClN2O/c1-14-7-9-6-12(15-8-11(9)13)16-10-4-2-3-5-10/h6,8,10,14H,2-5,7H2,1H3. The Bertz CT molecular complexity index is 351. The maximum absolute atomic E-state index is 6.03. The minimum absolute atomic E-state index is 0.344. The average Bonchev–Trinajstić information content (AvgIpc) is 2.76. The summed E-state index contributed by atoms with van der Waals surface area (Å²) in [5.41, 5.74) is 1.03. The van der Waals surface area contributed by atoms with Gasteiger partial charge in [0.05, 0.1) is 5.02 Å². The van der Waals surface area contributed by atoms with Crippen molar-refractivity contribution in [3.05, 3.63) is 22.8 Å². The first-order chi connectivity index (χ1) is 7.79. The Hall–Kier alpha value is -0.800. The molecule has 1 fully saturated rings. The van der Waals surface area contributed by atoms with Gasteiger partial charge < -0.3 is 10.1 Å². The molecule has 1 aliphatic carbocycles. The van der Waals surface area contributed by atoms with Crippen LogP contribution in [0.15, 0.2) is 12.3 Å². The molecule has 0 unspecified atom stereocenters. The number of pyridine rings is 1. The van der Waals surface area contributed by atoms with E-state index in [9.17, 15) is 0 Å². The van der Waals surface area contributed by atoms with E-state index in [4.69, 9.17) is 16.3 Å². The van der Waals surface area contributed by atoms with Gasteiger partial charge in [0.25, 0.3) is 0 Å². The summed E-state index contributed by atoms with van der Waals surface area (Å²) in [6.45, 7) is 0.738. The van der Waals surface area contributed by atoms with Crippen LogP contribution in [0.1, 0.15) is 31.2 Å². The second kappa shape index (κ2) is 5.51. The quantitative estimate of drug-likeness (QED) is 0.879. The molecule has 1 N–H and O–H groups in total. The van der Waals surface area contributed by atoms with Gasteiger partial charge in [-0.2, -0.15) is 0 Å². The summed E-state index contributed by atoms with van der Waals surface area (Å²) in [6, 6.07) is 1.93. The van der Waals surface area contributed by atoms with Gasteiger partial charge in [-0.25, -0.2) is 4.98 Å². The second-order valence-corrected chi connectivity index (χ2v) is 4.58. The van der Waals surface area contributed by atoms with Gasteiger partial charge in [-0.05, 0) is 38.3 Å². The molecule has 0 radical (unpaired) electrons. The van der Waals surface area contributed by atoms with Gasteiger partial charge in [0, 0.05) is 18.8 Å². The molecule has 88 valence electrons. The molecule has 0 amide bonds. The summed E-state index contributed by atoms with van der Waals surface area (Å²) in [4.78, 5) is 4.20. The van der Waals surface area contributed by atoms with Gasteiger partial charge in [0.2, 0.25) is 5.88 Å². The van der Waals surface area contributed by atoms with Gasteiger partial charge in [0.1, 0.15) is 6.10 Å². The molecule has 2 rings (SSSR count). The van der Waals surface area contributed by atoms with Gasteiger partial charge in [-0.3, -0.25) is 0 Å². The van der Waals surface area contributed by atoms with Crippen LogP contribution in [0.2, 0.25) is 5.02 Å². The molecule has 1 aromatic rings. The fourth-order valence-corrected chi connectivity index (χ4v) is 2.20. The Morgan fingerprint density at radius 2 is 2.25 bits per heavy atom. The second-order valence-electron chi connectivity index (χ2n) is 4.17. The van der Waals surface area contributed by atoms with E-state index in [2.05, 4.69) is 10.3 Å². The summed E-state index contributed by atoms with van der Waals surface area (Å²) in [7, 11) is 1.90. The van der Waals surface area contributed by atoms with Crippen LogP contribution < -0.4 is 10.1 Å². The van der Waals surface area contributed by atoms with Crippen LogP contribution in [-0.2, 0) is 6.54 Å². The van der Waals surface area contributed by atoms with E-state index in [0.717, 1.165) is 24.9 Å². The van der Waals surface area contributed by atoms with E-state index < -0.39 is 0 Å². The largest absolute Gasteiger partial charge is 0.474 e. The van der Waals surface area contributed by atoms with Gasteiger partial charge in [-0.1, -0.05) is 11.6 Å². The van der Waals surface area contributed by atoms with Gasteiger partial charge in [0.15, 0.2) is 0 Å². The summed E-state index contributed by atoms with van der Waals surface area (Å²) in [5, 5.41) is 3.77. The van der Waals surface area contributed by atoms with Crippen LogP contribution in [0.25, 0.3) is 0 Å². The molecule has 1 saturated carbocycles. The first kappa shape index (κ1) is 11.7. The van der Waals surface area contributed by atoms with E-state index in [-0.39, 0.29) is 0 Å². The number of hydrogen-bond acceptors (Lipinski definition) is 3. The summed E-state index contributed by atoms with van der Waals surface area (Å²) < 4.78 is 5.82. The Labute approximate surface area is 101 Å². The Morgan fingerprint density at radius 3 is 2.94 bits per heavy atom. The number of hydrogen-bond donors (Lipinski definition) is 1. The normalized spacial score (nSPS) is 16.6. The number of nitrogens with one attached hydrogen (secondary N) is 1. The van der Waals surface area contributed by atoms with Crippen molar-refractivity contribution < 1.29 is 4.74 Å². The lowest BCUT2D eigenvalue weighted by molar-refractivity contribution is 0.201. The maximum Gasteiger partial charge on any atom is 0.213 e. The summed E-state index contributed by atoms with van der Waals surface area (Å²) in [6.07, 6.45) is 6.83. The Kier molecular flexibility index (Phi) is 4.02. The Morgan fingerprint density at radius 1 is 1.50 bits per heavy atom. The fourth-order valence-electron chi connectivity index (χ4n) is 2.03. The lowest BCUT2D eigenvalue weighted by Gasteiger charge is -2.13. The summed E-state index contributed by atoms with van der Waals surface area (Å²) >= 11 is 6.03. The minimum Gasteiger partial charge on any atom is -0.474 e. The fraction of sp³-hybridized carbons (Fsp3) is 0.583. The molecule has 4 heteroatoms. The minimum atomic E-state index is 0.344. The topological polar surface area (TPSA) is 34.1 Å². The SMILES string of the molecule is CNCc1cc(OC2CCCC2)ncc1Cl. The lowest BCUT2D eigenvalue weighted by Crippen LogP contribution is -2.13. The lowest BCUT2D eigenvalue weighted by atomic mass is 10.2. The van der Waals surface area contributed by atoms with Crippen molar-refractivity contribution in [1.82, 2.24) is 10.3 Å². The molecule has 0 spiro atoms. The molecule has 1 heterocycles. The number of nitrogens with zero attached hydrogens (tertiary/aromatic N) is 1. The molecule has 0 aromatic carbocycles. The van der Waals surface area contributed by atoms with E-state index in [1.54, 1.807) is 6.20 Å². The highest BCUT2D eigenvalue weighted by Crippen LogP contribution is 2.25. The predicted molar refractivity (Wildman–Crippen MR) is 64.9 cm³/mol. The number of rotatable bonds is 4. The predicted octanol–water partition coefficient (Wildman–Crippen LogP) is 2.78. The van der Waals surface area contributed by atoms with Crippen molar-refractivity contribution in [1.29, 1.82) is 0 Å². The van der Waals surface area contributed by atoms with Crippen molar-refractivity contribution in [2.75, 3.05) is 7.05 Å². The van der Waals surface area contributed by atoms with Gasteiger partial charge >= 0.3 is 0 Å². The third-order valence-electron chi connectivity index (χ3n) is 2.87. The van der Waals surface area contributed by atoms with Crippen LogP contribution in [0, 0.1) is 0 Å². The monoisotopic (exact) mass is 240 g/mol. The van der Waals surface area contributed by atoms with Crippen molar-refractivity contribution in [3.63, 3.8) is 0 Å². The first-order valence-corrected chi connectivity index (χ1v) is 6.13. The number of halogens is 1. The zero-order chi connectivity index (χ0) is 11.4. The molecule has 3 nitrogen and oxygen atoms in total. The molecule has 0 saturated heterocycles. The highest BCUT2D eigenvalue weighted by Gasteiger charge is 2.17. The van der Waals surface area contributed by atoms with Crippen molar-refractivity contribution in [2.24, 2.45) is 0 Å². The molecular weight excluding hydrogens is 224 g/mol. The number of aromatic nitrogens is 1. The van der Waals surface area contributed by atoms with E-state index in [1.165, 1.54) is 12.8 Å². The van der Waals surface area contributed by atoms with Crippen molar-refractivity contribution >= 4 is 11.6 Å². The van der Waals surface area contributed by atoms with Crippen LogP contribution in [-0.4, -0.2) is 18.1 Å². The zero-order valence-corrected chi connectivity index (χ0v) is 10.3. The van der Waals surface area contributed by atoms with Crippen LogP contribution in [0.4, 0.5) is 0 Å². The zero-order valence-electron chi connectivity index (χ0n) is 9.50. The van der Waals surface area contributed by atoms with Crippen molar-refractivity contribution in [2.45, 2.75) is 38.3 Å². The molecule has 0 aliphatic heterocycles. The van der Waals surface area contributed by atoms with Crippen LogP contribution >= 0.6 is 11.6 Å². The molecule has 16 heavy (non-hydrogen) atoms. The smallest absolute Gasteiger partial charge is 0.213 e. The molecule has 0 atom stereocenters. The third kappa shape index (κ3) is 2.86. The number of ether oxygens (including phenoxy) is 1. The molecule has 0 bridgehead atoms. The maximum atomic E-state index is 6.03. The highest BCUT2D eigenvalue weighted by molar-refractivity contribution is 6.31. The van der Waals surface area contributed by atoms with Gasteiger partial charge in [-0.15, -0.1) is 0 Å². The molecule has 1 aromatic heterocycles. The Balaban J connectivity index is 2.05. The van der Waals surface area contributed by atoms with Crippen LogP contribution in [0.3, 0.4) is 0 Å². The summed E-state index contributed by atoms with van der Waals surface area (Å²) in [5.74, 6) is 0.696. The average molecular weight is 241 g/mol. The molecule has 1 aliphatic rings. The van der Waals surface area contributed by atoms with E-state index >= 15 is 0 Å².